The summed E-state index contributed by atoms with van der Waals surface area (Å²) in [6.07, 6.45) is 0.689. The molecule has 2 N–H and O–H groups in total. The molecular formula is C20H20N2O5. The van der Waals surface area contributed by atoms with Gasteiger partial charge in [0.1, 0.15) is 18.4 Å². The number of hydrogen-bond donors (Lipinski definition) is 2. The Morgan fingerprint density at radius 3 is 2.48 bits per heavy atom. The van der Waals surface area contributed by atoms with E-state index in [1.54, 1.807) is 24.3 Å². The molecule has 0 radical (unpaired) electrons. The van der Waals surface area contributed by atoms with Gasteiger partial charge in [0.2, 0.25) is 5.91 Å². The largest absolute Gasteiger partial charge is 0.489 e. The van der Waals surface area contributed by atoms with Crippen LogP contribution in [-0.2, 0) is 25.7 Å². The molecule has 1 saturated heterocycles. The molecule has 0 unspecified atom stereocenters. The summed E-state index contributed by atoms with van der Waals surface area (Å²) in [5.74, 6) is -0.553. The molecule has 1 fully saturated rings. The second-order valence-corrected chi connectivity index (χ2v) is 6.11. The number of hydrogen-bond acceptors (Lipinski definition) is 5. The van der Waals surface area contributed by atoms with Crippen molar-refractivity contribution in [2.75, 3.05) is 11.9 Å². The van der Waals surface area contributed by atoms with E-state index < -0.39 is 24.5 Å². The predicted molar refractivity (Wildman–Crippen MR) is 98.0 cm³/mol. The second kappa shape index (κ2) is 8.84. The quantitative estimate of drug-likeness (QED) is 0.730. The highest BCUT2D eigenvalue weighted by Crippen LogP contribution is 2.17. The lowest BCUT2D eigenvalue weighted by molar-refractivity contribution is -0.149. The van der Waals surface area contributed by atoms with E-state index in [0.29, 0.717) is 30.9 Å². The van der Waals surface area contributed by atoms with Gasteiger partial charge in [-0.15, -0.1) is 0 Å². The Morgan fingerprint density at radius 2 is 1.81 bits per heavy atom. The highest BCUT2D eigenvalue weighted by atomic mass is 16.5. The van der Waals surface area contributed by atoms with Crippen LogP contribution in [0.5, 0.6) is 5.75 Å². The van der Waals surface area contributed by atoms with Crippen LogP contribution in [0.3, 0.4) is 0 Å². The topological polar surface area (TPSA) is 93.7 Å². The Bertz CT molecular complexity index is 805. The fourth-order valence-corrected chi connectivity index (χ4v) is 2.60. The van der Waals surface area contributed by atoms with Crippen molar-refractivity contribution in [3.63, 3.8) is 0 Å². The number of carbonyl (C=O) groups is 3. The van der Waals surface area contributed by atoms with Gasteiger partial charge in [0.15, 0.2) is 6.61 Å². The number of ether oxygens (including phenoxy) is 2. The number of esters is 1. The molecule has 2 aromatic carbocycles. The molecule has 140 valence electrons. The molecule has 0 saturated carbocycles. The molecule has 2 aromatic rings. The lowest BCUT2D eigenvalue weighted by atomic mass is 10.2. The summed E-state index contributed by atoms with van der Waals surface area (Å²) in [6.45, 7) is 0.0532. The zero-order valence-electron chi connectivity index (χ0n) is 14.6. The smallest absolute Gasteiger partial charge is 0.329 e. The number of rotatable bonds is 7. The number of anilines is 1. The van der Waals surface area contributed by atoms with E-state index in [1.165, 1.54) is 0 Å². The van der Waals surface area contributed by atoms with Crippen LogP contribution in [0.4, 0.5) is 5.69 Å². The zero-order valence-corrected chi connectivity index (χ0v) is 14.6. The van der Waals surface area contributed by atoms with Crippen LogP contribution >= 0.6 is 0 Å². The first kappa shape index (κ1) is 18.4. The average molecular weight is 368 g/mol. The molecule has 0 aromatic heterocycles. The van der Waals surface area contributed by atoms with Gasteiger partial charge in [-0.2, -0.15) is 0 Å². The van der Waals surface area contributed by atoms with Gasteiger partial charge in [-0.05, 0) is 36.2 Å². The normalized spacial score (nSPS) is 15.7. The van der Waals surface area contributed by atoms with E-state index in [1.807, 2.05) is 30.3 Å². The molecule has 0 bridgehead atoms. The Balaban J connectivity index is 1.41. The number of amides is 2. The lowest BCUT2D eigenvalue weighted by Gasteiger charge is -2.11. The fourth-order valence-electron chi connectivity index (χ4n) is 2.60. The maximum Gasteiger partial charge on any atom is 0.329 e. The molecule has 1 atom stereocenters. The van der Waals surface area contributed by atoms with Crippen LogP contribution < -0.4 is 15.4 Å². The molecule has 1 aliphatic rings. The zero-order chi connectivity index (χ0) is 19.1. The third-order valence-electron chi connectivity index (χ3n) is 4.01. The van der Waals surface area contributed by atoms with Crippen molar-refractivity contribution in [3.8, 4) is 5.75 Å². The van der Waals surface area contributed by atoms with E-state index >= 15 is 0 Å². The van der Waals surface area contributed by atoms with Gasteiger partial charge in [0.25, 0.3) is 5.91 Å². The molecule has 1 heterocycles. The molecule has 7 heteroatoms. The van der Waals surface area contributed by atoms with Crippen LogP contribution in [0.15, 0.2) is 54.6 Å². The van der Waals surface area contributed by atoms with Crippen molar-refractivity contribution in [1.82, 2.24) is 5.32 Å². The minimum atomic E-state index is -0.661. The molecular weight excluding hydrogens is 348 g/mol. The van der Waals surface area contributed by atoms with Crippen LogP contribution in [0.25, 0.3) is 0 Å². The standard InChI is InChI=1S/C20H20N2O5/c23-18-11-10-17(22-18)20(25)27-13-19(24)21-15-6-8-16(9-7-15)26-12-14-4-2-1-3-5-14/h1-9,17H,10-13H2,(H,21,24)(H,22,23)/t17-/m1/s1. The van der Waals surface area contributed by atoms with Gasteiger partial charge < -0.3 is 20.1 Å². The summed E-state index contributed by atoms with van der Waals surface area (Å²) in [6, 6.07) is 16.1. The summed E-state index contributed by atoms with van der Waals surface area (Å²) in [7, 11) is 0. The minimum Gasteiger partial charge on any atom is -0.489 e. The molecule has 3 rings (SSSR count). The van der Waals surface area contributed by atoms with Crippen LogP contribution in [0.1, 0.15) is 18.4 Å². The monoisotopic (exact) mass is 368 g/mol. The summed E-state index contributed by atoms with van der Waals surface area (Å²) in [4.78, 5) is 34.7. The average Bonchev–Trinajstić information content (AvgIpc) is 3.13. The van der Waals surface area contributed by atoms with Gasteiger partial charge in [0, 0.05) is 12.1 Å². The number of carbonyl (C=O) groups excluding carboxylic acids is 3. The molecule has 0 spiro atoms. The van der Waals surface area contributed by atoms with Crippen molar-refractivity contribution in [3.05, 3.63) is 60.2 Å². The van der Waals surface area contributed by atoms with Crippen molar-refractivity contribution in [2.45, 2.75) is 25.5 Å². The van der Waals surface area contributed by atoms with Crippen LogP contribution in [0, 0.1) is 0 Å². The van der Waals surface area contributed by atoms with Crippen molar-refractivity contribution < 1.29 is 23.9 Å². The van der Waals surface area contributed by atoms with E-state index in [-0.39, 0.29) is 5.91 Å². The first-order chi connectivity index (χ1) is 13.1. The van der Waals surface area contributed by atoms with Crippen molar-refractivity contribution >= 4 is 23.5 Å². The highest BCUT2D eigenvalue weighted by Gasteiger charge is 2.28. The number of nitrogens with one attached hydrogen (secondary N) is 2. The van der Waals surface area contributed by atoms with Crippen LogP contribution in [-0.4, -0.2) is 30.4 Å². The van der Waals surface area contributed by atoms with Gasteiger partial charge >= 0.3 is 5.97 Å². The fraction of sp³-hybridized carbons (Fsp3) is 0.250. The van der Waals surface area contributed by atoms with Gasteiger partial charge in [-0.25, -0.2) is 4.79 Å². The Kier molecular flexibility index (Phi) is 6.04. The Hall–Kier alpha value is -3.35. The SMILES string of the molecule is O=C(COC(=O)[C@H]1CCC(=O)N1)Nc1ccc(OCc2ccccc2)cc1. The molecule has 1 aliphatic heterocycles. The first-order valence-electron chi connectivity index (χ1n) is 8.63. The van der Waals surface area contributed by atoms with Crippen LogP contribution in [0.2, 0.25) is 0 Å². The van der Waals surface area contributed by atoms with Gasteiger partial charge in [0.05, 0.1) is 0 Å². The predicted octanol–water partition coefficient (Wildman–Crippen LogP) is 2.03. The van der Waals surface area contributed by atoms with Crippen molar-refractivity contribution in [2.24, 2.45) is 0 Å². The first-order valence-corrected chi connectivity index (χ1v) is 8.63. The summed E-state index contributed by atoms with van der Waals surface area (Å²) < 4.78 is 10.6. The Labute approximate surface area is 156 Å². The maximum absolute atomic E-state index is 11.9. The summed E-state index contributed by atoms with van der Waals surface area (Å²) >= 11 is 0. The Morgan fingerprint density at radius 1 is 1.07 bits per heavy atom. The third-order valence-corrected chi connectivity index (χ3v) is 4.01. The van der Waals surface area contributed by atoms with E-state index in [0.717, 1.165) is 5.56 Å². The molecule has 7 nitrogen and oxygen atoms in total. The van der Waals surface area contributed by atoms with Crippen molar-refractivity contribution in [1.29, 1.82) is 0 Å². The number of benzene rings is 2. The molecule has 2 amide bonds. The van der Waals surface area contributed by atoms with E-state index in [4.69, 9.17) is 9.47 Å². The summed E-state index contributed by atoms with van der Waals surface area (Å²) in [5, 5.41) is 5.14. The molecule has 0 aliphatic carbocycles. The minimum absolute atomic E-state index is 0.184. The third kappa shape index (κ3) is 5.57. The lowest BCUT2D eigenvalue weighted by Crippen LogP contribution is -2.36. The van der Waals surface area contributed by atoms with Gasteiger partial charge in [-0.3, -0.25) is 9.59 Å². The molecule has 27 heavy (non-hydrogen) atoms. The maximum atomic E-state index is 11.9. The second-order valence-electron chi connectivity index (χ2n) is 6.11. The van der Waals surface area contributed by atoms with Gasteiger partial charge in [-0.1, -0.05) is 30.3 Å². The van der Waals surface area contributed by atoms with E-state index in [2.05, 4.69) is 10.6 Å². The summed E-state index contributed by atoms with van der Waals surface area (Å²) in [5.41, 5.74) is 1.63. The highest BCUT2D eigenvalue weighted by molar-refractivity contribution is 5.94. The van der Waals surface area contributed by atoms with E-state index in [9.17, 15) is 14.4 Å².